The minimum Gasteiger partial charge on any atom is -0.496 e. The standard InChI is InChI=1S/C25H23F2NO5/c1-16-5-4-6-22(17(16)2)32-15-25(29)33-28-13-18-7-9-23(30-3)19(11-18)14-31-24-10-8-20(26)12-21(24)27/h4-13H,14-15H2,1-3H3/b28-13+. The lowest BCUT2D eigenvalue weighted by Gasteiger charge is -2.11. The summed E-state index contributed by atoms with van der Waals surface area (Å²) >= 11 is 0. The number of nitrogens with zero attached hydrogens (tertiary/aromatic N) is 1. The molecule has 172 valence electrons. The molecule has 6 nitrogen and oxygen atoms in total. The number of hydrogen-bond donors (Lipinski definition) is 0. The van der Waals surface area contributed by atoms with Gasteiger partial charge in [0.25, 0.3) is 0 Å². The lowest BCUT2D eigenvalue weighted by Crippen LogP contribution is -2.13. The first-order chi connectivity index (χ1) is 15.9. The van der Waals surface area contributed by atoms with Gasteiger partial charge in [-0.2, -0.15) is 0 Å². The van der Waals surface area contributed by atoms with Crippen LogP contribution in [0.25, 0.3) is 0 Å². The van der Waals surface area contributed by atoms with E-state index in [0.29, 0.717) is 22.6 Å². The Morgan fingerprint density at radius 3 is 2.52 bits per heavy atom. The van der Waals surface area contributed by atoms with Gasteiger partial charge in [-0.1, -0.05) is 17.3 Å². The van der Waals surface area contributed by atoms with E-state index in [1.54, 1.807) is 24.3 Å². The fourth-order valence-corrected chi connectivity index (χ4v) is 2.93. The summed E-state index contributed by atoms with van der Waals surface area (Å²) in [5.41, 5.74) is 3.19. The summed E-state index contributed by atoms with van der Waals surface area (Å²) in [5.74, 6) is -1.13. The second-order valence-electron chi connectivity index (χ2n) is 7.12. The molecule has 0 atom stereocenters. The van der Waals surface area contributed by atoms with E-state index in [9.17, 15) is 13.6 Å². The lowest BCUT2D eigenvalue weighted by atomic mass is 10.1. The Bertz CT molecular complexity index is 1160. The summed E-state index contributed by atoms with van der Waals surface area (Å²) in [6, 6.07) is 13.7. The zero-order valence-corrected chi connectivity index (χ0v) is 18.4. The molecule has 0 aliphatic rings. The second kappa shape index (κ2) is 11.1. The van der Waals surface area contributed by atoms with Crippen molar-refractivity contribution in [3.05, 3.63) is 88.5 Å². The molecule has 3 aromatic rings. The molecule has 8 heteroatoms. The first kappa shape index (κ1) is 23.7. The molecule has 3 aromatic carbocycles. The molecule has 0 N–H and O–H groups in total. The minimum atomic E-state index is -0.804. The second-order valence-corrected chi connectivity index (χ2v) is 7.12. The topological polar surface area (TPSA) is 66.4 Å². The third kappa shape index (κ3) is 6.52. The van der Waals surface area contributed by atoms with E-state index in [1.807, 2.05) is 26.0 Å². The lowest BCUT2D eigenvalue weighted by molar-refractivity contribution is -0.145. The van der Waals surface area contributed by atoms with Gasteiger partial charge in [0.2, 0.25) is 0 Å². The molecule has 0 heterocycles. The Kier molecular flexibility index (Phi) is 7.96. The average Bonchev–Trinajstić information content (AvgIpc) is 2.79. The fourth-order valence-electron chi connectivity index (χ4n) is 2.93. The largest absolute Gasteiger partial charge is 0.496 e. The fraction of sp³-hybridized carbons (Fsp3) is 0.200. The van der Waals surface area contributed by atoms with Crippen molar-refractivity contribution < 1.29 is 32.6 Å². The van der Waals surface area contributed by atoms with Gasteiger partial charge in [-0.3, -0.25) is 0 Å². The van der Waals surface area contributed by atoms with Crippen LogP contribution in [0.2, 0.25) is 0 Å². The van der Waals surface area contributed by atoms with Crippen LogP contribution in [0.5, 0.6) is 17.2 Å². The molecule has 0 spiro atoms. The molecule has 0 aromatic heterocycles. The number of ether oxygens (including phenoxy) is 3. The summed E-state index contributed by atoms with van der Waals surface area (Å²) in [4.78, 5) is 16.8. The predicted octanol–water partition coefficient (Wildman–Crippen LogP) is 5.13. The van der Waals surface area contributed by atoms with Crippen molar-refractivity contribution in [3.8, 4) is 17.2 Å². The third-order valence-corrected chi connectivity index (χ3v) is 4.84. The zero-order chi connectivity index (χ0) is 23.8. The van der Waals surface area contributed by atoms with Gasteiger partial charge in [-0.25, -0.2) is 13.6 Å². The van der Waals surface area contributed by atoms with Gasteiger partial charge in [0.15, 0.2) is 18.2 Å². The van der Waals surface area contributed by atoms with Crippen molar-refractivity contribution in [1.82, 2.24) is 0 Å². The molecule has 0 fully saturated rings. The van der Waals surface area contributed by atoms with Crippen LogP contribution in [0.3, 0.4) is 0 Å². The highest BCUT2D eigenvalue weighted by atomic mass is 19.1. The van der Waals surface area contributed by atoms with E-state index >= 15 is 0 Å². The molecule has 0 bridgehead atoms. The van der Waals surface area contributed by atoms with Crippen LogP contribution in [0.4, 0.5) is 8.78 Å². The highest BCUT2D eigenvalue weighted by molar-refractivity contribution is 5.81. The zero-order valence-electron chi connectivity index (χ0n) is 18.4. The Hall–Kier alpha value is -3.94. The molecule has 33 heavy (non-hydrogen) atoms. The van der Waals surface area contributed by atoms with Crippen LogP contribution in [0, 0.1) is 25.5 Å². The molecule has 0 radical (unpaired) electrons. The van der Waals surface area contributed by atoms with Crippen LogP contribution >= 0.6 is 0 Å². The van der Waals surface area contributed by atoms with Crippen molar-refractivity contribution in [2.24, 2.45) is 5.16 Å². The van der Waals surface area contributed by atoms with Crippen LogP contribution in [-0.4, -0.2) is 25.9 Å². The predicted molar refractivity (Wildman–Crippen MR) is 119 cm³/mol. The first-order valence-electron chi connectivity index (χ1n) is 10.0. The van der Waals surface area contributed by atoms with E-state index in [0.717, 1.165) is 23.3 Å². The van der Waals surface area contributed by atoms with Crippen LogP contribution < -0.4 is 14.2 Å². The van der Waals surface area contributed by atoms with E-state index in [-0.39, 0.29) is 19.0 Å². The molecular weight excluding hydrogens is 432 g/mol. The number of methoxy groups -OCH3 is 1. The van der Waals surface area contributed by atoms with Crippen molar-refractivity contribution in [2.75, 3.05) is 13.7 Å². The van der Waals surface area contributed by atoms with Gasteiger partial charge in [0.1, 0.15) is 23.9 Å². The van der Waals surface area contributed by atoms with E-state index in [2.05, 4.69) is 5.16 Å². The molecule has 0 aliphatic heterocycles. The van der Waals surface area contributed by atoms with Crippen LogP contribution in [0.15, 0.2) is 59.8 Å². The molecule has 0 unspecified atom stereocenters. The number of oxime groups is 1. The van der Waals surface area contributed by atoms with Crippen molar-refractivity contribution >= 4 is 12.2 Å². The van der Waals surface area contributed by atoms with Crippen molar-refractivity contribution in [3.63, 3.8) is 0 Å². The molecule has 3 rings (SSSR count). The monoisotopic (exact) mass is 455 g/mol. The molecule has 0 saturated heterocycles. The number of benzene rings is 3. The number of halogens is 2. The highest BCUT2D eigenvalue weighted by Crippen LogP contribution is 2.24. The number of carbonyl (C=O) groups is 1. The molecular formula is C25H23F2NO5. The third-order valence-electron chi connectivity index (χ3n) is 4.84. The summed E-state index contributed by atoms with van der Waals surface area (Å²) < 4.78 is 43.1. The Balaban J connectivity index is 1.58. The summed E-state index contributed by atoms with van der Waals surface area (Å²) in [7, 11) is 1.49. The first-order valence-corrected chi connectivity index (χ1v) is 10.0. The number of carbonyl (C=O) groups excluding carboxylic acids is 1. The molecule has 0 amide bonds. The van der Waals surface area contributed by atoms with Crippen molar-refractivity contribution in [1.29, 1.82) is 0 Å². The summed E-state index contributed by atoms with van der Waals surface area (Å²) in [5, 5.41) is 3.69. The van der Waals surface area contributed by atoms with E-state index < -0.39 is 17.6 Å². The van der Waals surface area contributed by atoms with E-state index in [1.165, 1.54) is 19.4 Å². The maximum atomic E-state index is 13.8. The smallest absolute Gasteiger partial charge is 0.372 e. The van der Waals surface area contributed by atoms with Crippen molar-refractivity contribution in [2.45, 2.75) is 20.5 Å². The molecule has 0 aliphatic carbocycles. The van der Waals surface area contributed by atoms with Gasteiger partial charge in [-0.15, -0.1) is 0 Å². The minimum absolute atomic E-state index is 0.0309. The summed E-state index contributed by atoms with van der Waals surface area (Å²) in [6.07, 6.45) is 1.34. The highest BCUT2D eigenvalue weighted by Gasteiger charge is 2.10. The van der Waals surface area contributed by atoms with Gasteiger partial charge in [-0.05, 0) is 66.9 Å². The Morgan fingerprint density at radius 2 is 1.76 bits per heavy atom. The number of aryl methyl sites for hydroxylation is 1. The normalized spacial score (nSPS) is 10.8. The number of hydrogen-bond acceptors (Lipinski definition) is 6. The average molecular weight is 455 g/mol. The van der Waals surface area contributed by atoms with Gasteiger partial charge in [0.05, 0.1) is 13.3 Å². The van der Waals surface area contributed by atoms with E-state index in [4.69, 9.17) is 19.0 Å². The Labute approximate surface area is 190 Å². The SMILES string of the molecule is COc1ccc(/C=N/OC(=O)COc2cccc(C)c2C)cc1COc1ccc(F)cc1F. The van der Waals surface area contributed by atoms with Gasteiger partial charge < -0.3 is 19.0 Å². The Morgan fingerprint density at radius 1 is 0.970 bits per heavy atom. The maximum Gasteiger partial charge on any atom is 0.372 e. The van der Waals surface area contributed by atoms with Gasteiger partial charge in [0, 0.05) is 11.6 Å². The molecule has 0 saturated carbocycles. The number of rotatable bonds is 9. The quantitative estimate of drug-likeness (QED) is 0.254. The maximum absolute atomic E-state index is 13.8. The van der Waals surface area contributed by atoms with Crippen LogP contribution in [-0.2, 0) is 16.2 Å². The van der Waals surface area contributed by atoms with Crippen LogP contribution in [0.1, 0.15) is 22.3 Å². The summed E-state index contributed by atoms with van der Waals surface area (Å²) in [6.45, 7) is 3.54. The van der Waals surface area contributed by atoms with Gasteiger partial charge >= 0.3 is 5.97 Å².